The molecule has 0 radical (unpaired) electrons. The number of hydrogen-bond donors (Lipinski definition) is 1. The van der Waals surface area contributed by atoms with Crippen molar-refractivity contribution in [1.82, 2.24) is 0 Å². The van der Waals surface area contributed by atoms with Gasteiger partial charge in [0.15, 0.2) is 0 Å². The molecule has 0 bridgehead atoms. The van der Waals surface area contributed by atoms with E-state index >= 15 is 0 Å². The zero-order valence-electron chi connectivity index (χ0n) is 21.3. The number of fused-ring (bicyclic) bond motifs is 4. The van der Waals surface area contributed by atoms with Crippen molar-refractivity contribution in [3.8, 4) is 0 Å². The highest BCUT2D eigenvalue weighted by Crippen LogP contribution is 2.74. The molecule has 0 aromatic carbocycles. The van der Waals surface area contributed by atoms with Crippen LogP contribution >= 0.6 is 0 Å². The molecule has 9 atom stereocenters. The van der Waals surface area contributed by atoms with Crippen LogP contribution in [0.25, 0.3) is 0 Å². The first kappa shape index (κ1) is 23.4. The third-order valence-corrected chi connectivity index (χ3v) is 11.3. The summed E-state index contributed by atoms with van der Waals surface area (Å²) in [6.07, 6.45) is 8.82. The van der Waals surface area contributed by atoms with Gasteiger partial charge in [-0.15, -0.1) is 0 Å². The normalized spacial score (nSPS) is 48.5. The van der Waals surface area contributed by atoms with Crippen LogP contribution in [0.4, 0.5) is 0 Å². The molecule has 3 saturated carbocycles. The van der Waals surface area contributed by atoms with E-state index in [1.54, 1.807) is 6.92 Å². The molecular weight excluding hydrogens is 416 g/mol. The molecule has 0 amide bonds. The van der Waals surface area contributed by atoms with Gasteiger partial charge >= 0.3 is 11.9 Å². The molecule has 184 valence electrons. The summed E-state index contributed by atoms with van der Waals surface area (Å²) in [7, 11) is 0. The second-order valence-electron chi connectivity index (χ2n) is 13.1. The Labute approximate surface area is 198 Å². The number of aliphatic hydroxyl groups is 1. The fourth-order valence-corrected chi connectivity index (χ4v) is 10.0. The van der Waals surface area contributed by atoms with E-state index in [0.717, 1.165) is 44.1 Å². The number of rotatable bonds is 3. The zero-order chi connectivity index (χ0) is 24.0. The molecule has 0 aromatic heterocycles. The van der Waals surface area contributed by atoms with Crippen molar-refractivity contribution in [3.05, 3.63) is 11.6 Å². The maximum atomic E-state index is 13.2. The Kier molecular flexibility index (Phi) is 5.19. The highest BCUT2D eigenvalue weighted by atomic mass is 16.6. The minimum atomic E-state index is -0.630. The predicted molar refractivity (Wildman–Crippen MR) is 125 cm³/mol. The molecular formula is C28H42O5. The Balaban J connectivity index is 1.63. The summed E-state index contributed by atoms with van der Waals surface area (Å²) in [6, 6.07) is 0. The third-order valence-electron chi connectivity index (χ3n) is 11.3. The van der Waals surface area contributed by atoms with E-state index < -0.39 is 6.10 Å². The van der Waals surface area contributed by atoms with Gasteiger partial charge in [0, 0.05) is 17.8 Å². The van der Waals surface area contributed by atoms with Crippen LogP contribution in [0.3, 0.4) is 0 Å². The van der Waals surface area contributed by atoms with Gasteiger partial charge in [0.2, 0.25) is 0 Å². The molecule has 5 heteroatoms. The molecule has 0 aromatic rings. The summed E-state index contributed by atoms with van der Waals surface area (Å²) in [6.45, 7) is 13.3. The second kappa shape index (κ2) is 7.32. The molecule has 33 heavy (non-hydrogen) atoms. The minimum Gasteiger partial charge on any atom is -0.465 e. The van der Waals surface area contributed by atoms with Crippen LogP contribution in [0.1, 0.15) is 86.5 Å². The van der Waals surface area contributed by atoms with E-state index in [1.807, 2.05) is 0 Å². The van der Waals surface area contributed by atoms with Crippen LogP contribution in [0, 0.1) is 45.3 Å². The van der Waals surface area contributed by atoms with Gasteiger partial charge in [0.05, 0.1) is 18.6 Å². The summed E-state index contributed by atoms with van der Waals surface area (Å²) in [5.41, 5.74) is 0.748. The average molecular weight is 459 g/mol. The first-order chi connectivity index (χ1) is 15.4. The molecule has 0 spiro atoms. The summed E-state index contributed by atoms with van der Waals surface area (Å²) >= 11 is 0. The molecule has 1 N–H and O–H groups in total. The van der Waals surface area contributed by atoms with Crippen molar-refractivity contribution in [3.63, 3.8) is 0 Å². The summed E-state index contributed by atoms with van der Waals surface area (Å²) in [4.78, 5) is 25.2. The number of carbonyl (C=O) groups excluding carboxylic acids is 2. The van der Waals surface area contributed by atoms with Crippen molar-refractivity contribution in [2.75, 3.05) is 6.61 Å². The molecule has 1 saturated heterocycles. The van der Waals surface area contributed by atoms with Crippen molar-refractivity contribution in [2.45, 2.75) is 98.7 Å². The summed E-state index contributed by atoms with van der Waals surface area (Å²) in [5, 5.41) is 10.5. The molecule has 5 rings (SSSR count). The Morgan fingerprint density at radius 3 is 2.58 bits per heavy atom. The Hall–Kier alpha value is -1.36. The fraction of sp³-hybridized carbons (Fsp3) is 0.857. The van der Waals surface area contributed by atoms with Gasteiger partial charge in [-0.05, 0) is 79.6 Å². The average Bonchev–Trinajstić information content (AvgIpc) is 2.97. The summed E-state index contributed by atoms with van der Waals surface area (Å²) in [5.74, 6) is 0.460. The Morgan fingerprint density at radius 2 is 1.91 bits per heavy atom. The zero-order valence-corrected chi connectivity index (χ0v) is 21.3. The van der Waals surface area contributed by atoms with Gasteiger partial charge < -0.3 is 14.6 Å². The molecule has 1 aliphatic heterocycles. The molecule has 5 aliphatic rings. The van der Waals surface area contributed by atoms with E-state index in [9.17, 15) is 14.7 Å². The fourth-order valence-electron chi connectivity index (χ4n) is 10.0. The topological polar surface area (TPSA) is 72.8 Å². The van der Waals surface area contributed by atoms with Crippen LogP contribution in [0.2, 0.25) is 0 Å². The predicted octanol–water partition coefficient (Wildman–Crippen LogP) is 5.06. The highest BCUT2D eigenvalue weighted by molar-refractivity contribution is 5.80. The molecule has 1 heterocycles. The van der Waals surface area contributed by atoms with E-state index in [0.29, 0.717) is 24.4 Å². The first-order valence-electron chi connectivity index (χ1n) is 13.1. The van der Waals surface area contributed by atoms with Gasteiger partial charge in [0.1, 0.15) is 6.10 Å². The van der Waals surface area contributed by atoms with E-state index in [-0.39, 0.29) is 45.6 Å². The smallest absolute Gasteiger partial charge is 0.314 e. The lowest BCUT2D eigenvalue weighted by Crippen LogP contribution is -2.66. The monoisotopic (exact) mass is 458 g/mol. The number of esters is 2. The highest BCUT2D eigenvalue weighted by Gasteiger charge is 2.73. The van der Waals surface area contributed by atoms with Crippen molar-refractivity contribution >= 4 is 11.9 Å². The van der Waals surface area contributed by atoms with Crippen molar-refractivity contribution < 1.29 is 24.2 Å². The third kappa shape index (κ3) is 2.99. The van der Waals surface area contributed by atoms with E-state index in [1.165, 1.54) is 13.3 Å². The first-order valence-corrected chi connectivity index (χ1v) is 13.1. The van der Waals surface area contributed by atoms with Crippen molar-refractivity contribution in [1.29, 1.82) is 0 Å². The lowest BCUT2D eigenvalue weighted by Gasteiger charge is -2.69. The van der Waals surface area contributed by atoms with Crippen LogP contribution in [-0.4, -0.2) is 35.9 Å². The number of allylic oxidation sites excluding steroid dienone is 1. The van der Waals surface area contributed by atoms with Crippen LogP contribution in [0.5, 0.6) is 0 Å². The quantitative estimate of drug-likeness (QED) is 0.473. The Morgan fingerprint density at radius 1 is 1.18 bits per heavy atom. The van der Waals surface area contributed by atoms with Crippen molar-refractivity contribution in [2.24, 2.45) is 45.3 Å². The maximum absolute atomic E-state index is 13.2. The van der Waals surface area contributed by atoms with Gasteiger partial charge in [-0.25, -0.2) is 0 Å². The molecule has 4 aliphatic carbocycles. The van der Waals surface area contributed by atoms with Gasteiger partial charge in [-0.2, -0.15) is 0 Å². The van der Waals surface area contributed by atoms with Gasteiger partial charge in [0.25, 0.3) is 0 Å². The summed E-state index contributed by atoms with van der Waals surface area (Å²) < 4.78 is 12.0. The number of ether oxygens (including phenoxy) is 2. The van der Waals surface area contributed by atoms with Gasteiger partial charge in [-0.1, -0.05) is 40.2 Å². The lowest BCUT2D eigenvalue weighted by molar-refractivity contribution is -0.234. The Bertz CT molecular complexity index is 889. The van der Waals surface area contributed by atoms with E-state index in [4.69, 9.17) is 9.47 Å². The minimum absolute atomic E-state index is 0.0439. The second-order valence-corrected chi connectivity index (χ2v) is 13.1. The number of carbonyl (C=O) groups is 2. The number of hydrogen-bond acceptors (Lipinski definition) is 5. The molecule has 5 nitrogen and oxygen atoms in total. The SMILES string of the molecule is CC(=O)OC[C@]12CCCC(C)(C)[C@H]1CC[C@]1(C)[C@H]2C[C@H]2OC(=O)[C@H]3C([C@@H](C)O)=CC[C@H]1[C@@]32C. The van der Waals surface area contributed by atoms with E-state index in [2.05, 4.69) is 33.8 Å². The van der Waals surface area contributed by atoms with Crippen LogP contribution in [-0.2, 0) is 19.1 Å². The standard InChI is InChI=1S/C28H42O5/c1-16(29)18-8-9-20-26(5)13-10-19-25(3,4)11-7-12-28(19,15-32-17(2)30)21(26)14-22-27(20,6)23(18)24(31)33-22/h8,16,19-23,29H,7,9-15H2,1-6H3/t16-,19-,20-,21-,22-,23-,26+,27-,28-/m1/s1. The van der Waals surface area contributed by atoms with Crippen LogP contribution < -0.4 is 0 Å². The van der Waals surface area contributed by atoms with Crippen LogP contribution in [0.15, 0.2) is 11.6 Å². The number of aliphatic hydroxyl groups excluding tert-OH is 1. The molecule has 4 fully saturated rings. The maximum Gasteiger partial charge on any atom is 0.314 e. The largest absolute Gasteiger partial charge is 0.465 e. The lowest BCUT2D eigenvalue weighted by atomic mass is 9.34. The van der Waals surface area contributed by atoms with Gasteiger partial charge in [-0.3, -0.25) is 9.59 Å². The molecule has 0 unspecified atom stereocenters.